The topological polar surface area (TPSA) is 38.8 Å². The van der Waals surface area contributed by atoms with Gasteiger partial charge < -0.3 is 14.4 Å². The van der Waals surface area contributed by atoms with E-state index in [4.69, 9.17) is 9.47 Å². The summed E-state index contributed by atoms with van der Waals surface area (Å²) in [7, 11) is 1.59. The first kappa shape index (κ1) is 13.0. The van der Waals surface area contributed by atoms with E-state index in [-0.39, 0.29) is 12.0 Å². The van der Waals surface area contributed by atoms with Crippen molar-refractivity contribution in [2.24, 2.45) is 0 Å². The zero-order valence-corrected chi connectivity index (χ0v) is 10.3. The number of benzene rings is 1. The first-order valence-corrected chi connectivity index (χ1v) is 5.86. The van der Waals surface area contributed by atoms with Crippen molar-refractivity contribution in [2.75, 3.05) is 33.4 Å². The van der Waals surface area contributed by atoms with Crippen molar-refractivity contribution in [3.63, 3.8) is 0 Å². The van der Waals surface area contributed by atoms with Crippen LogP contribution in [0.15, 0.2) is 24.3 Å². The van der Waals surface area contributed by atoms with Gasteiger partial charge in [-0.05, 0) is 18.2 Å². The number of ether oxygens (including phenoxy) is 2. The van der Waals surface area contributed by atoms with E-state index in [2.05, 4.69) is 0 Å². The molecule has 1 aliphatic heterocycles. The molecule has 0 aromatic heterocycles. The van der Waals surface area contributed by atoms with E-state index in [0.717, 1.165) is 0 Å². The molecule has 1 unspecified atom stereocenters. The van der Waals surface area contributed by atoms with Gasteiger partial charge in [0.1, 0.15) is 5.82 Å². The van der Waals surface area contributed by atoms with Crippen LogP contribution in [0.25, 0.3) is 0 Å². The van der Waals surface area contributed by atoms with Crippen LogP contribution in [-0.4, -0.2) is 50.3 Å². The average Bonchev–Trinajstić information content (AvgIpc) is 2.63. The quantitative estimate of drug-likeness (QED) is 0.797. The van der Waals surface area contributed by atoms with Crippen LogP contribution in [0, 0.1) is 5.82 Å². The van der Waals surface area contributed by atoms with E-state index >= 15 is 0 Å². The van der Waals surface area contributed by atoms with Gasteiger partial charge in [-0.15, -0.1) is 0 Å². The van der Waals surface area contributed by atoms with Crippen LogP contribution in [0.5, 0.6) is 0 Å². The molecular formula is C13H16FNO3. The Kier molecular flexibility index (Phi) is 4.28. The number of rotatable bonds is 2. The summed E-state index contributed by atoms with van der Waals surface area (Å²) in [6.07, 6.45) is -0.134. The number of nitrogens with zero attached hydrogens (tertiary/aromatic N) is 1. The van der Waals surface area contributed by atoms with Crippen LogP contribution < -0.4 is 0 Å². The molecule has 1 aromatic carbocycles. The number of carbonyl (C=O) groups is 1. The van der Waals surface area contributed by atoms with Crippen molar-refractivity contribution < 1.29 is 18.7 Å². The summed E-state index contributed by atoms with van der Waals surface area (Å²) in [4.78, 5) is 13.8. The van der Waals surface area contributed by atoms with Gasteiger partial charge in [0.25, 0.3) is 5.91 Å². The van der Waals surface area contributed by atoms with Gasteiger partial charge in [-0.1, -0.05) is 6.07 Å². The number of amides is 1. The van der Waals surface area contributed by atoms with E-state index in [9.17, 15) is 9.18 Å². The number of hydrogen-bond donors (Lipinski definition) is 0. The molecule has 1 atom stereocenters. The van der Waals surface area contributed by atoms with E-state index in [1.807, 2.05) is 0 Å². The Morgan fingerprint density at radius 2 is 2.39 bits per heavy atom. The first-order valence-electron chi connectivity index (χ1n) is 5.86. The Hall–Kier alpha value is -1.46. The minimum absolute atomic E-state index is 0.134. The Balaban J connectivity index is 2.12. The van der Waals surface area contributed by atoms with Crippen molar-refractivity contribution >= 4 is 5.91 Å². The molecule has 0 saturated carbocycles. The molecule has 1 fully saturated rings. The standard InChI is InChI=1S/C13H16FNO3/c1-17-12-8-15(5-6-18-9-12)13(16)10-3-2-4-11(14)7-10/h2-4,7,12H,5-6,8-9H2,1H3. The molecule has 18 heavy (non-hydrogen) atoms. The number of hydrogen-bond acceptors (Lipinski definition) is 3. The molecule has 0 aliphatic carbocycles. The third-order valence-electron chi connectivity index (χ3n) is 2.93. The molecule has 0 bridgehead atoms. The molecule has 1 aromatic rings. The Morgan fingerprint density at radius 3 is 3.11 bits per heavy atom. The van der Waals surface area contributed by atoms with Crippen LogP contribution in [0.3, 0.4) is 0 Å². The third kappa shape index (κ3) is 3.05. The zero-order chi connectivity index (χ0) is 13.0. The maximum absolute atomic E-state index is 13.1. The van der Waals surface area contributed by atoms with Crippen molar-refractivity contribution in [1.29, 1.82) is 0 Å². The van der Waals surface area contributed by atoms with Gasteiger partial charge in [0.15, 0.2) is 0 Å². The fraction of sp³-hybridized carbons (Fsp3) is 0.462. The second-order valence-electron chi connectivity index (χ2n) is 4.19. The van der Waals surface area contributed by atoms with Crippen molar-refractivity contribution in [3.8, 4) is 0 Å². The lowest BCUT2D eigenvalue weighted by molar-refractivity contribution is 0.0225. The van der Waals surface area contributed by atoms with Crippen molar-refractivity contribution in [2.45, 2.75) is 6.10 Å². The van der Waals surface area contributed by atoms with Crippen LogP contribution in [-0.2, 0) is 9.47 Å². The van der Waals surface area contributed by atoms with Crippen LogP contribution in [0.4, 0.5) is 4.39 Å². The Morgan fingerprint density at radius 1 is 1.56 bits per heavy atom. The third-order valence-corrected chi connectivity index (χ3v) is 2.93. The van der Waals surface area contributed by atoms with E-state index in [0.29, 0.717) is 31.9 Å². The molecule has 1 heterocycles. The molecule has 2 rings (SSSR count). The largest absolute Gasteiger partial charge is 0.377 e. The SMILES string of the molecule is COC1COCCN(C(=O)c2cccc(F)c2)C1. The fourth-order valence-electron chi connectivity index (χ4n) is 1.91. The predicted molar refractivity (Wildman–Crippen MR) is 63.9 cm³/mol. The normalized spacial score (nSPS) is 20.6. The van der Waals surface area contributed by atoms with Gasteiger partial charge in [0.2, 0.25) is 0 Å². The van der Waals surface area contributed by atoms with Gasteiger partial charge in [-0.3, -0.25) is 4.79 Å². The first-order chi connectivity index (χ1) is 8.70. The Bertz CT molecular complexity index is 424. The maximum Gasteiger partial charge on any atom is 0.254 e. The molecule has 1 aliphatic rings. The van der Waals surface area contributed by atoms with Crippen LogP contribution in [0.2, 0.25) is 0 Å². The monoisotopic (exact) mass is 253 g/mol. The summed E-state index contributed by atoms with van der Waals surface area (Å²) >= 11 is 0. The van der Waals surface area contributed by atoms with E-state index in [1.165, 1.54) is 18.2 Å². The minimum Gasteiger partial charge on any atom is -0.377 e. The number of methoxy groups -OCH3 is 1. The Labute approximate surface area is 105 Å². The lowest BCUT2D eigenvalue weighted by Crippen LogP contribution is -2.38. The van der Waals surface area contributed by atoms with Gasteiger partial charge in [0.05, 0.1) is 19.3 Å². The van der Waals surface area contributed by atoms with Gasteiger partial charge >= 0.3 is 0 Å². The number of halogens is 1. The van der Waals surface area contributed by atoms with Gasteiger partial charge in [0, 0.05) is 25.8 Å². The molecule has 98 valence electrons. The molecule has 0 spiro atoms. The van der Waals surface area contributed by atoms with Gasteiger partial charge in [-0.25, -0.2) is 4.39 Å². The molecule has 0 N–H and O–H groups in total. The highest BCUT2D eigenvalue weighted by Crippen LogP contribution is 2.10. The smallest absolute Gasteiger partial charge is 0.254 e. The molecular weight excluding hydrogens is 237 g/mol. The fourth-order valence-corrected chi connectivity index (χ4v) is 1.91. The predicted octanol–water partition coefficient (Wildman–Crippen LogP) is 1.31. The minimum atomic E-state index is -0.407. The summed E-state index contributed by atoms with van der Waals surface area (Å²) in [5.41, 5.74) is 0.353. The average molecular weight is 253 g/mol. The molecule has 1 saturated heterocycles. The second-order valence-corrected chi connectivity index (χ2v) is 4.19. The highest BCUT2D eigenvalue weighted by molar-refractivity contribution is 5.94. The van der Waals surface area contributed by atoms with E-state index in [1.54, 1.807) is 18.1 Å². The van der Waals surface area contributed by atoms with E-state index < -0.39 is 5.82 Å². The molecule has 1 amide bonds. The van der Waals surface area contributed by atoms with Gasteiger partial charge in [-0.2, -0.15) is 0 Å². The molecule has 4 nitrogen and oxygen atoms in total. The lowest BCUT2D eigenvalue weighted by Gasteiger charge is -2.22. The summed E-state index contributed by atoms with van der Waals surface area (Å²) in [6, 6.07) is 5.71. The maximum atomic E-state index is 13.1. The highest BCUT2D eigenvalue weighted by atomic mass is 19.1. The summed E-state index contributed by atoms with van der Waals surface area (Å²) in [5.74, 6) is -0.600. The van der Waals surface area contributed by atoms with Crippen molar-refractivity contribution in [1.82, 2.24) is 4.90 Å². The lowest BCUT2D eigenvalue weighted by atomic mass is 10.2. The molecule has 0 radical (unpaired) electrons. The zero-order valence-electron chi connectivity index (χ0n) is 10.3. The summed E-state index contributed by atoms with van der Waals surface area (Å²) in [6.45, 7) is 1.91. The summed E-state index contributed by atoms with van der Waals surface area (Å²) in [5, 5.41) is 0. The molecule has 5 heteroatoms. The second kappa shape index (κ2) is 5.93. The highest BCUT2D eigenvalue weighted by Gasteiger charge is 2.23. The number of carbonyl (C=O) groups excluding carboxylic acids is 1. The summed E-state index contributed by atoms with van der Waals surface area (Å²) < 4.78 is 23.7. The van der Waals surface area contributed by atoms with Crippen LogP contribution >= 0.6 is 0 Å². The van der Waals surface area contributed by atoms with Crippen LogP contribution in [0.1, 0.15) is 10.4 Å². The van der Waals surface area contributed by atoms with Crippen molar-refractivity contribution in [3.05, 3.63) is 35.6 Å².